The van der Waals surface area contributed by atoms with Gasteiger partial charge in [-0.05, 0) is 67.0 Å². The van der Waals surface area contributed by atoms with Crippen LogP contribution in [0.15, 0.2) is 59.5 Å². The first-order valence-electron chi connectivity index (χ1n) is 14.2. The molecule has 1 aliphatic heterocycles. The van der Waals surface area contributed by atoms with Crippen LogP contribution in [0.3, 0.4) is 0 Å². The molecule has 2 atom stereocenters. The van der Waals surface area contributed by atoms with Gasteiger partial charge in [0.25, 0.3) is 0 Å². The van der Waals surface area contributed by atoms with Crippen molar-refractivity contribution in [3.8, 4) is 22.4 Å². The summed E-state index contributed by atoms with van der Waals surface area (Å²) in [5, 5.41) is 29.8. The number of aromatic nitrogens is 1. The number of carbonyl (C=O) groups is 1. The second-order valence-corrected chi connectivity index (χ2v) is 12.9. The summed E-state index contributed by atoms with van der Waals surface area (Å²) in [5.74, 6) is -1.80. The molecular weight excluding hydrogens is 570 g/mol. The first-order chi connectivity index (χ1) is 19.5. The number of piperidine rings is 1. The average molecular weight is 611 g/mol. The number of benzene rings is 2. The molecule has 2 heterocycles. The molecule has 1 saturated heterocycles. The molecule has 0 saturated carbocycles. The number of hydrogen-bond acceptors (Lipinski definition) is 5. The van der Waals surface area contributed by atoms with Gasteiger partial charge in [0.2, 0.25) is 10.0 Å². The molecule has 3 aromatic rings. The summed E-state index contributed by atoms with van der Waals surface area (Å²) in [5.41, 5.74) is 3.07. The zero-order valence-electron chi connectivity index (χ0n) is 23.5. The molecule has 11 heteroatoms. The molecule has 224 valence electrons. The van der Waals surface area contributed by atoms with E-state index in [9.17, 15) is 27.8 Å². The van der Waals surface area contributed by atoms with E-state index in [0.29, 0.717) is 41.2 Å². The Morgan fingerprint density at radius 3 is 2.12 bits per heavy atom. The van der Waals surface area contributed by atoms with E-state index in [1.807, 2.05) is 48.7 Å². The SMILES string of the molecule is CC(C)c1c(S(=O)(=O)N2CCCCC2)c(-c2ccccc2)c(-c2ccc(F)cc2)n1CC[C@@H](O)C[C@@H](O)CC(=O)O.[NaH]. The third kappa shape index (κ3) is 7.91. The number of sulfonamides is 1. The maximum atomic E-state index is 14.5. The average Bonchev–Trinajstić information content (AvgIpc) is 3.29. The molecule has 0 bridgehead atoms. The van der Waals surface area contributed by atoms with Crippen molar-refractivity contribution < 1.29 is 32.9 Å². The van der Waals surface area contributed by atoms with E-state index in [4.69, 9.17) is 5.11 Å². The van der Waals surface area contributed by atoms with Crippen LogP contribution in [0.1, 0.15) is 64.0 Å². The van der Waals surface area contributed by atoms with Crippen LogP contribution in [0.2, 0.25) is 0 Å². The van der Waals surface area contributed by atoms with Crippen LogP contribution in [-0.4, -0.2) is 93.4 Å². The number of aliphatic hydroxyl groups excluding tert-OH is 2. The number of aliphatic hydroxyl groups is 2. The van der Waals surface area contributed by atoms with Crippen molar-refractivity contribution in [3.63, 3.8) is 0 Å². The van der Waals surface area contributed by atoms with Crippen LogP contribution in [0, 0.1) is 5.82 Å². The second kappa shape index (κ2) is 15.1. The number of carboxylic acids is 1. The van der Waals surface area contributed by atoms with Crippen LogP contribution in [0.5, 0.6) is 0 Å². The molecule has 42 heavy (non-hydrogen) atoms. The van der Waals surface area contributed by atoms with Crippen molar-refractivity contribution >= 4 is 45.5 Å². The van der Waals surface area contributed by atoms with E-state index in [2.05, 4.69) is 0 Å². The van der Waals surface area contributed by atoms with Gasteiger partial charge in [0.15, 0.2) is 0 Å². The van der Waals surface area contributed by atoms with Gasteiger partial charge in [-0.2, -0.15) is 4.31 Å². The molecule has 2 aromatic carbocycles. The molecule has 1 fully saturated rings. The van der Waals surface area contributed by atoms with Gasteiger partial charge in [-0.3, -0.25) is 4.79 Å². The van der Waals surface area contributed by atoms with Crippen LogP contribution in [-0.2, 0) is 21.4 Å². The maximum absolute atomic E-state index is 14.5. The van der Waals surface area contributed by atoms with Gasteiger partial charge in [0.05, 0.1) is 24.3 Å². The first kappa shape index (κ1) is 34.4. The number of carboxylic acid groups (broad SMARTS) is 1. The van der Waals surface area contributed by atoms with E-state index in [0.717, 1.165) is 19.3 Å². The molecule has 0 aliphatic carbocycles. The molecule has 0 unspecified atom stereocenters. The third-order valence-corrected chi connectivity index (χ3v) is 9.51. The Morgan fingerprint density at radius 2 is 1.55 bits per heavy atom. The Hall–Kier alpha value is -2.05. The summed E-state index contributed by atoms with van der Waals surface area (Å²) in [6.45, 7) is 4.93. The first-order valence-corrected chi connectivity index (χ1v) is 15.6. The van der Waals surface area contributed by atoms with Gasteiger partial charge < -0.3 is 19.9 Å². The topological polar surface area (TPSA) is 120 Å². The Balaban J connectivity index is 0.00000484. The third-order valence-electron chi connectivity index (χ3n) is 7.54. The predicted molar refractivity (Wildman–Crippen MR) is 163 cm³/mol. The Kier molecular flexibility index (Phi) is 12.4. The monoisotopic (exact) mass is 610 g/mol. The van der Waals surface area contributed by atoms with Crippen molar-refractivity contribution in [3.05, 3.63) is 66.1 Å². The predicted octanol–water partition coefficient (Wildman–Crippen LogP) is 4.59. The zero-order valence-corrected chi connectivity index (χ0v) is 24.4. The molecule has 0 spiro atoms. The van der Waals surface area contributed by atoms with Crippen molar-refractivity contribution in [1.29, 1.82) is 0 Å². The van der Waals surface area contributed by atoms with Crippen molar-refractivity contribution in [2.75, 3.05) is 13.1 Å². The number of aliphatic carboxylic acids is 1. The Morgan fingerprint density at radius 1 is 0.929 bits per heavy atom. The standard InChI is InChI=1S/C31H39FN2O6S.Na.H/c1-21(2)29-31(41(39,40)33-16-7-4-8-17-33)28(22-9-5-3-6-10-22)30(23-11-13-24(32)14-12-23)34(29)18-15-25(35)19-26(36)20-27(37)38;;/h3,5-6,9-14,21,25-26,35-36H,4,7-8,15-20H2,1-2H3,(H,37,38);;/t25-,26-;;/m1../s1. The molecular formula is C31H40FN2NaO6S. The molecule has 0 amide bonds. The number of hydrogen-bond donors (Lipinski definition) is 3. The van der Waals surface area contributed by atoms with Crippen LogP contribution in [0.25, 0.3) is 22.4 Å². The Labute approximate surface area is 269 Å². The Bertz CT molecular complexity index is 1440. The van der Waals surface area contributed by atoms with E-state index in [-0.39, 0.29) is 59.8 Å². The van der Waals surface area contributed by atoms with Gasteiger partial charge >= 0.3 is 35.5 Å². The minimum absolute atomic E-state index is 0. The van der Waals surface area contributed by atoms with E-state index in [1.165, 1.54) is 12.1 Å². The van der Waals surface area contributed by atoms with Crippen LogP contribution < -0.4 is 0 Å². The van der Waals surface area contributed by atoms with Crippen molar-refractivity contribution in [2.45, 2.75) is 81.9 Å². The zero-order chi connectivity index (χ0) is 29.7. The van der Waals surface area contributed by atoms with E-state index in [1.54, 1.807) is 16.4 Å². The summed E-state index contributed by atoms with van der Waals surface area (Å²) >= 11 is 0. The molecule has 3 N–H and O–H groups in total. The van der Waals surface area contributed by atoms with Gasteiger partial charge in [-0.1, -0.05) is 50.6 Å². The molecule has 0 radical (unpaired) electrons. The summed E-state index contributed by atoms with van der Waals surface area (Å²) in [6.07, 6.45) is -0.131. The molecule has 4 rings (SSSR count). The van der Waals surface area contributed by atoms with Crippen molar-refractivity contribution in [1.82, 2.24) is 8.87 Å². The summed E-state index contributed by atoms with van der Waals surface area (Å²) in [4.78, 5) is 11.2. The summed E-state index contributed by atoms with van der Waals surface area (Å²) in [7, 11) is -3.93. The normalized spacial score (nSPS) is 15.8. The van der Waals surface area contributed by atoms with Crippen LogP contribution in [0.4, 0.5) is 4.39 Å². The number of halogens is 1. The minimum atomic E-state index is -3.93. The van der Waals surface area contributed by atoms with E-state index >= 15 is 0 Å². The molecule has 8 nitrogen and oxygen atoms in total. The fraction of sp³-hybridized carbons (Fsp3) is 0.452. The van der Waals surface area contributed by atoms with Gasteiger partial charge in [-0.25, -0.2) is 12.8 Å². The van der Waals surface area contributed by atoms with E-state index < -0.39 is 40.4 Å². The summed E-state index contributed by atoms with van der Waals surface area (Å²) < 4.78 is 46.4. The molecule has 1 aliphatic rings. The number of nitrogens with zero attached hydrogens (tertiary/aromatic N) is 2. The fourth-order valence-electron chi connectivity index (χ4n) is 5.69. The number of rotatable bonds is 12. The fourth-order valence-corrected chi connectivity index (χ4v) is 7.77. The van der Waals surface area contributed by atoms with Gasteiger partial charge in [0.1, 0.15) is 10.7 Å². The quantitative estimate of drug-likeness (QED) is 0.258. The van der Waals surface area contributed by atoms with Crippen molar-refractivity contribution in [2.24, 2.45) is 0 Å². The molecule has 1 aromatic heterocycles. The van der Waals surface area contributed by atoms with Crippen LogP contribution >= 0.6 is 0 Å². The van der Waals surface area contributed by atoms with Gasteiger partial charge in [-0.15, -0.1) is 0 Å². The van der Waals surface area contributed by atoms with Gasteiger partial charge in [0, 0.05) is 30.9 Å². The second-order valence-electron chi connectivity index (χ2n) is 11.0. The summed E-state index contributed by atoms with van der Waals surface area (Å²) in [6, 6.07) is 15.2.